The van der Waals surface area contributed by atoms with Crippen molar-refractivity contribution in [2.24, 2.45) is 0 Å². The lowest BCUT2D eigenvalue weighted by Crippen LogP contribution is -2.16. The molecule has 24 heavy (non-hydrogen) atoms. The molecule has 0 amide bonds. The molecule has 0 aromatic heterocycles. The van der Waals surface area contributed by atoms with Gasteiger partial charge in [-0.3, -0.25) is 0 Å². The van der Waals surface area contributed by atoms with Crippen LogP contribution in [0.2, 0.25) is 5.02 Å². The largest absolute Gasteiger partial charge is 0.305 e. The summed E-state index contributed by atoms with van der Waals surface area (Å²) in [6, 6.07) is 17.2. The Morgan fingerprint density at radius 1 is 0.958 bits per heavy atom. The first-order valence-corrected chi connectivity index (χ1v) is 8.69. The van der Waals surface area contributed by atoms with Gasteiger partial charge in [0.05, 0.1) is 0 Å². The highest BCUT2D eigenvalue weighted by Gasteiger charge is 2.17. The van der Waals surface area contributed by atoms with Crippen molar-refractivity contribution in [2.45, 2.75) is 25.7 Å². The second-order valence-corrected chi connectivity index (χ2v) is 7.07. The molecule has 128 valence electrons. The number of aryl methyl sites for hydroxylation is 1. The average molecular weight is 362 g/mol. The number of fused-ring (bicyclic) bond motifs is 1. The first-order chi connectivity index (χ1) is 11.1. The van der Waals surface area contributed by atoms with Crippen molar-refractivity contribution >= 4 is 29.6 Å². The molecule has 1 aliphatic rings. The second kappa shape index (κ2) is 8.71. The highest BCUT2D eigenvalue weighted by Crippen LogP contribution is 2.33. The van der Waals surface area contributed by atoms with E-state index in [9.17, 15) is 0 Å². The Labute approximate surface area is 156 Å². The number of nitrogens with zero attached hydrogens (tertiary/aromatic N) is 1. The zero-order chi connectivity index (χ0) is 16.2. The Bertz CT molecular complexity index is 702. The number of hydrogen-bond acceptors (Lipinski definition) is 1. The molecular formula is C21H25Cl2N. The Kier molecular flexibility index (Phi) is 6.91. The summed E-state index contributed by atoms with van der Waals surface area (Å²) in [7, 11) is 4.31. The lowest BCUT2D eigenvalue weighted by atomic mass is 9.91. The molecule has 1 nitrogen and oxygen atoms in total. The predicted molar refractivity (Wildman–Crippen MR) is 107 cm³/mol. The molecule has 0 spiro atoms. The predicted octanol–water partition coefficient (Wildman–Crippen LogP) is 5.66. The first kappa shape index (κ1) is 19.1. The number of rotatable bonds is 4. The molecule has 3 heteroatoms. The molecule has 0 bridgehead atoms. The third kappa shape index (κ3) is 4.63. The van der Waals surface area contributed by atoms with Gasteiger partial charge in [-0.25, -0.2) is 0 Å². The first-order valence-electron chi connectivity index (χ1n) is 8.32. The van der Waals surface area contributed by atoms with E-state index in [1.807, 2.05) is 12.1 Å². The van der Waals surface area contributed by atoms with Crippen molar-refractivity contribution in [2.75, 3.05) is 20.6 Å². The minimum Gasteiger partial charge on any atom is -0.305 e. The highest BCUT2D eigenvalue weighted by atomic mass is 35.5. The molecule has 2 aromatic carbocycles. The molecule has 1 aliphatic carbocycles. The molecule has 3 rings (SSSR count). The van der Waals surface area contributed by atoms with E-state index >= 15 is 0 Å². The van der Waals surface area contributed by atoms with Gasteiger partial charge in [-0.2, -0.15) is 0 Å². The monoisotopic (exact) mass is 361 g/mol. The molecule has 2 aromatic rings. The highest BCUT2D eigenvalue weighted by molar-refractivity contribution is 6.30. The van der Waals surface area contributed by atoms with E-state index in [2.05, 4.69) is 55.4 Å². The zero-order valence-corrected chi connectivity index (χ0v) is 16.0. The van der Waals surface area contributed by atoms with Crippen LogP contribution in [0.3, 0.4) is 0 Å². The van der Waals surface area contributed by atoms with Crippen molar-refractivity contribution in [3.8, 4) is 0 Å². The van der Waals surface area contributed by atoms with E-state index in [-0.39, 0.29) is 12.4 Å². The summed E-state index contributed by atoms with van der Waals surface area (Å²) in [5.74, 6) is 0. The molecule has 0 fully saturated rings. The van der Waals surface area contributed by atoms with Crippen LogP contribution in [-0.4, -0.2) is 25.5 Å². The van der Waals surface area contributed by atoms with E-state index < -0.39 is 0 Å². The van der Waals surface area contributed by atoms with Gasteiger partial charge in [-0.15, -0.1) is 12.4 Å². The van der Waals surface area contributed by atoms with Gasteiger partial charge in [0.2, 0.25) is 0 Å². The Hall–Kier alpha value is -1.28. The third-order valence-corrected chi connectivity index (χ3v) is 4.75. The van der Waals surface area contributed by atoms with Crippen LogP contribution >= 0.6 is 24.0 Å². The molecule has 0 heterocycles. The van der Waals surface area contributed by atoms with Crippen LogP contribution in [-0.2, 0) is 12.8 Å². The number of likely N-dealkylation sites (N-methyl/N-ethyl adjacent to an activating group) is 1. The molecule has 0 N–H and O–H groups in total. The Morgan fingerprint density at radius 3 is 2.38 bits per heavy atom. The van der Waals surface area contributed by atoms with Crippen molar-refractivity contribution < 1.29 is 0 Å². The van der Waals surface area contributed by atoms with Crippen LogP contribution < -0.4 is 0 Å². The van der Waals surface area contributed by atoms with E-state index in [0.29, 0.717) is 0 Å². The quantitative estimate of drug-likeness (QED) is 0.679. The van der Waals surface area contributed by atoms with E-state index in [1.54, 1.807) is 5.57 Å². The fraction of sp³-hybridized carbons (Fsp3) is 0.333. The van der Waals surface area contributed by atoms with Crippen LogP contribution in [0.25, 0.3) is 5.57 Å². The maximum atomic E-state index is 6.04. The van der Waals surface area contributed by atoms with Gasteiger partial charge >= 0.3 is 0 Å². The maximum Gasteiger partial charge on any atom is 0.0406 e. The van der Waals surface area contributed by atoms with Gasteiger partial charge in [0.1, 0.15) is 0 Å². The molecule has 0 radical (unpaired) electrons. The van der Waals surface area contributed by atoms with Gasteiger partial charge in [0, 0.05) is 11.6 Å². The van der Waals surface area contributed by atoms with Crippen LogP contribution in [0.1, 0.15) is 29.5 Å². The Morgan fingerprint density at radius 2 is 1.67 bits per heavy atom. The Balaban J connectivity index is 0.00000208. The minimum absolute atomic E-state index is 0. The average Bonchev–Trinajstić information content (AvgIpc) is 2.69. The summed E-state index contributed by atoms with van der Waals surface area (Å²) in [6.07, 6.45) is 4.59. The van der Waals surface area contributed by atoms with Gasteiger partial charge in [0.25, 0.3) is 0 Å². The van der Waals surface area contributed by atoms with E-state index in [1.165, 1.54) is 41.5 Å². The summed E-state index contributed by atoms with van der Waals surface area (Å²) in [6.45, 7) is 1.04. The van der Waals surface area contributed by atoms with E-state index in [4.69, 9.17) is 11.6 Å². The van der Waals surface area contributed by atoms with Crippen LogP contribution in [0.4, 0.5) is 0 Å². The summed E-state index contributed by atoms with van der Waals surface area (Å²) >= 11 is 6.04. The van der Waals surface area contributed by atoms with Crippen molar-refractivity contribution in [1.82, 2.24) is 4.90 Å². The van der Waals surface area contributed by atoms with Gasteiger partial charge in [0.15, 0.2) is 0 Å². The summed E-state index contributed by atoms with van der Waals surface area (Å²) < 4.78 is 0. The lowest BCUT2D eigenvalue weighted by Gasteiger charge is -2.19. The summed E-state index contributed by atoms with van der Waals surface area (Å²) in [4.78, 5) is 2.28. The van der Waals surface area contributed by atoms with E-state index in [0.717, 1.165) is 18.0 Å². The SMILES string of the molecule is CN(C)CC1=C(Cc2ccc(Cl)cc2)c2ccccc2CCC1.Cl. The fourth-order valence-corrected chi connectivity index (χ4v) is 3.58. The van der Waals surface area contributed by atoms with Crippen molar-refractivity contribution in [1.29, 1.82) is 0 Å². The topological polar surface area (TPSA) is 3.24 Å². The standard InChI is InChI=1S/C21H24ClN.ClH/c1-23(2)15-18-8-5-7-17-6-3-4-9-20(17)21(18)14-16-10-12-19(22)13-11-16;/h3-4,6,9-13H,5,7-8,14-15H2,1-2H3;1H. The molecule has 0 saturated heterocycles. The van der Waals surface area contributed by atoms with Gasteiger partial charge < -0.3 is 4.90 Å². The summed E-state index contributed by atoms with van der Waals surface area (Å²) in [5.41, 5.74) is 7.35. The van der Waals surface area contributed by atoms with Crippen molar-refractivity contribution in [3.05, 3.63) is 75.8 Å². The number of hydrogen-bond donors (Lipinski definition) is 0. The maximum absolute atomic E-state index is 6.04. The fourth-order valence-electron chi connectivity index (χ4n) is 3.45. The number of halogens is 2. The second-order valence-electron chi connectivity index (χ2n) is 6.63. The third-order valence-electron chi connectivity index (χ3n) is 4.50. The van der Waals surface area contributed by atoms with Gasteiger partial charge in [-0.05, 0) is 74.2 Å². The number of benzene rings is 2. The van der Waals surface area contributed by atoms with Crippen LogP contribution in [0.5, 0.6) is 0 Å². The molecular weight excluding hydrogens is 337 g/mol. The van der Waals surface area contributed by atoms with Crippen LogP contribution in [0, 0.1) is 0 Å². The van der Waals surface area contributed by atoms with Crippen molar-refractivity contribution in [3.63, 3.8) is 0 Å². The minimum atomic E-state index is 0. The molecule has 0 atom stereocenters. The molecule has 0 saturated carbocycles. The molecule has 0 aliphatic heterocycles. The smallest absolute Gasteiger partial charge is 0.0406 e. The van der Waals surface area contributed by atoms with Gasteiger partial charge in [-0.1, -0.05) is 53.6 Å². The normalized spacial score (nSPS) is 14.2. The zero-order valence-electron chi connectivity index (χ0n) is 14.4. The number of allylic oxidation sites excluding steroid dienone is 1. The lowest BCUT2D eigenvalue weighted by molar-refractivity contribution is 0.438. The molecule has 0 unspecified atom stereocenters. The van der Waals surface area contributed by atoms with Crippen LogP contribution in [0.15, 0.2) is 54.1 Å². The summed E-state index contributed by atoms with van der Waals surface area (Å²) in [5, 5.41) is 0.803.